The molecule has 0 amide bonds. The second kappa shape index (κ2) is 8.34. The second-order valence-electron chi connectivity index (χ2n) is 4.56. The SMILES string of the molecule is CCOC(=O)/C(Cc1ccccc1)=N/Nc1cccc(Br)c1. The van der Waals surface area contributed by atoms with Crippen molar-refractivity contribution in [2.75, 3.05) is 12.0 Å². The largest absolute Gasteiger partial charge is 0.461 e. The molecule has 0 unspecified atom stereocenters. The number of halogens is 1. The Hall–Kier alpha value is -2.14. The third kappa shape index (κ3) is 5.00. The van der Waals surface area contributed by atoms with Crippen LogP contribution in [0, 0.1) is 0 Å². The molecule has 0 bridgehead atoms. The molecule has 2 aromatic rings. The molecular weight excluding hydrogens is 344 g/mol. The van der Waals surface area contributed by atoms with E-state index in [1.807, 2.05) is 54.6 Å². The summed E-state index contributed by atoms with van der Waals surface area (Å²) in [5.41, 5.74) is 5.04. The first-order valence-corrected chi connectivity index (χ1v) is 7.77. The average Bonchev–Trinajstić information content (AvgIpc) is 2.52. The van der Waals surface area contributed by atoms with Crippen LogP contribution in [-0.4, -0.2) is 18.3 Å². The molecule has 4 nitrogen and oxygen atoms in total. The van der Waals surface area contributed by atoms with Gasteiger partial charge in [0.25, 0.3) is 0 Å². The molecule has 114 valence electrons. The Morgan fingerprint density at radius 2 is 1.95 bits per heavy atom. The normalized spacial score (nSPS) is 11.1. The van der Waals surface area contributed by atoms with Crippen LogP contribution in [0.1, 0.15) is 12.5 Å². The molecule has 0 saturated heterocycles. The smallest absolute Gasteiger partial charge is 0.354 e. The molecule has 0 heterocycles. The number of ether oxygens (including phenoxy) is 1. The zero-order chi connectivity index (χ0) is 15.8. The maximum atomic E-state index is 12.0. The Balaban J connectivity index is 2.16. The first-order valence-electron chi connectivity index (χ1n) is 6.98. The van der Waals surface area contributed by atoms with Crippen molar-refractivity contribution in [1.82, 2.24) is 0 Å². The lowest BCUT2D eigenvalue weighted by molar-refractivity contribution is -0.135. The topological polar surface area (TPSA) is 50.7 Å². The van der Waals surface area contributed by atoms with E-state index in [0.717, 1.165) is 15.7 Å². The number of hydrogen-bond donors (Lipinski definition) is 1. The van der Waals surface area contributed by atoms with Crippen molar-refractivity contribution >= 4 is 33.3 Å². The van der Waals surface area contributed by atoms with Crippen LogP contribution >= 0.6 is 15.9 Å². The molecule has 0 radical (unpaired) electrons. The van der Waals surface area contributed by atoms with Gasteiger partial charge in [-0.15, -0.1) is 0 Å². The number of rotatable bonds is 6. The Labute approximate surface area is 138 Å². The van der Waals surface area contributed by atoms with Crippen molar-refractivity contribution < 1.29 is 9.53 Å². The van der Waals surface area contributed by atoms with Gasteiger partial charge < -0.3 is 4.74 Å². The lowest BCUT2D eigenvalue weighted by Crippen LogP contribution is -2.21. The van der Waals surface area contributed by atoms with E-state index in [0.29, 0.717) is 18.7 Å². The van der Waals surface area contributed by atoms with Gasteiger partial charge in [0.15, 0.2) is 0 Å². The summed E-state index contributed by atoms with van der Waals surface area (Å²) in [5, 5.41) is 4.22. The highest BCUT2D eigenvalue weighted by molar-refractivity contribution is 9.10. The highest BCUT2D eigenvalue weighted by Crippen LogP contribution is 2.15. The first-order chi connectivity index (χ1) is 10.7. The summed E-state index contributed by atoms with van der Waals surface area (Å²) in [7, 11) is 0. The van der Waals surface area contributed by atoms with Crippen molar-refractivity contribution in [1.29, 1.82) is 0 Å². The van der Waals surface area contributed by atoms with Crippen molar-refractivity contribution in [2.24, 2.45) is 5.10 Å². The molecule has 2 rings (SSSR count). The Morgan fingerprint density at radius 1 is 1.18 bits per heavy atom. The molecule has 22 heavy (non-hydrogen) atoms. The number of nitrogens with one attached hydrogen (secondary N) is 1. The van der Waals surface area contributed by atoms with Gasteiger partial charge in [0.2, 0.25) is 0 Å². The lowest BCUT2D eigenvalue weighted by atomic mass is 10.1. The van der Waals surface area contributed by atoms with Crippen LogP contribution in [0.4, 0.5) is 5.69 Å². The van der Waals surface area contributed by atoms with Gasteiger partial charge in [-0.3, -0.25) is 5.43 Å². The number of esters is 1. The number of carbonyl (C=O) groups is 1. The van der Waals surface area contributed by atoms with E-state index in [-0.39, 0.29) is 0 Å². The number of benzene rings is 2. The van der Waals surface area contributed by atoms with Crippen molar-refractivity contribution in [3.8, 4) is 0 Å². The van der Waals surface area contributed by atoms with Gasteiger partial charge in [-0.1, -0.05) is 52.3 Å². The fourth-order valence-electron chi connectivity index (χ4n) is 1.85. The van der Waals surface area contributed by atoms with E-state index in [9.17, 15) is 4.79 Å². The minimum Gasteiger partial charge on any atom is -0.461 e. The van der Waals surface area contributed by atoms with Gasteiger partial charge in [-0.05, 0) is 30.7 Å². The zero-order valence-electron chi connectivity index (χ0n) is 12.3. The van der Waals surface area contributed by atoms with E-state index in [1.54, 1.807) is 6.92 Å². The van der Waals surface area contributed by atoms with Crippen LogP contribution in [-0.2, 0) is 16.0 Å². The summed E-state index contributed by atoms with van der Waals surface area (Å²) in [6.45, 7) is 2.10. The number of hydrogen-bond acceptors (Lipinski definition) is 4. The number of carbonyl (C=O) groups excluding carboxylic acids is 1. The number of hydrazone groups is 1. The number of anilines is 1. The highest BCUT2D eigenvalue weighted by Gasteiger charge is 2.13. The monoisotopic (exact) mass is 360 g/mol. The molecule has 0 aromatic heterocycles. The maximum absolute atomic E-state index is 12.0. The van der Waals surface area contributed by atoms with Crippen LogP contribution in [0.15, 0.2) is 64.2 Å². The van der Waals surface area contributed by atoms with Crippen LogP contribution in [0.5, 0.6) is 0 Å². The van der Waals surface area contributed by atoms with Gasteiger partial charge in [0, 0.05) is 10.9 Å². The third-order valence-corrected chi connectivity index (χ3v) is 3.36. The van der Waals surface area contributed by atoms with Crippen LogP contribution in [0.25, 0.3) is 0 Å². The maximum Gasteiger partial charge on any atom is 0.354 e. The van der Waals surface area contributed by atoms with E-state index < -0.39 is 5.97 Å². The highest BCUT2D eigenvalue weighted by atomic mass is 79.9. The lowest BCUT2D eigenvalue weighted by Gasteiger charge is -2.08. The van der Waals surface area contributed by atoms with E-state index >= 15 is 0 Å². The standard InChI is InChI=1S/C17H17BrN2O2/c1-2-22-17(21)16(11-13-7-4-3-5-8-13)20-19-15-10-6-9-14(18)12-15/h3-10,12,19H,2,11H2,1H3/b20-16+. The van der Waals surface area contributed by atoms with Gasteiger partial charge >= 0.3 is 5.97 Å². The molecular formula is C17H17BrN2O2. The zero-order valence-corrected chi connectivity index (χ0v) is 13.8. The average molecular weight is 361 g/mol. The van der Waals surface area contributed by atoms with E-state index in [4.69, 9.17) is 4.74 Å². The fourth-order valence-corrected chi connectivity index (χ4v) is 2.25. The minimum atomic E-state index is -0.408. The Morgan fingerprint density at radius 3 is 2.64 bits per heavy atom. The van der Waals surface area contributed by atoms with E-state index in [1.165, 1.54) is 0 Å². The van der Waals surface area contributed by atoms with Crippen molar-refractivity contribution in [2.45, 2.75) is 13.3 Å². The Kier molecular flexibility index (Phi) is 6.15. The minimum absolute atomic E-state index is 0.323. The summed E-state index contributed by atoms with van der Waals surface area (Å²) in [4.78, 5) is 12.0. The summed E-state index contributed by atoms with van der Waals surface area (Å²) < 4.78 is 6.01. The quantitative estimate of drug-likeness (QED) is 0.480. The molecule has 1 N–H and O–H groups in total. The van der Waals surface area contributed by atoms with Crippen LogP contribution in [0.3, 0.4) is 0 Å². The predicted octanol–water partition coefficient (Wildman–Crippen LogP) is 4.02. The van der Waals surface area contributed by atoms with Gasteiger partial charge in [0.1, 0.15) is 5.71 Å². The van der Waals surface area contributed by atoms with Crippen LogP contribution in [0.2, 0.25) is 0 Å². The predicted molar refractivity (Wildman–Crippen MR) is 92.0 cm³/mol. The van der Waals surface area contributed by atoms with Crippen molar-refractivity contribution in [3.05, 3.63) is 64.6 Å². The van der Waals surface area contributed by atoms with Gasteiger partial charge in [0.05, 0.1) is 12.3 Å². The van der Waals surface area contributed by atoms with Gasteiger partial charge in [-0.25, -0.2) is 4.79 Å². The first kappa shape index (κ1) is 16.2. The van der Waals surface area contributed by atoms with Crippen LogP contribution < -0.4 is 5.43 Å². The van der Waals surface area contributed by atoms with Gasteiger partial charge in [-0.2, -0.15) is 5.10 Å². The van der Waals surface area contributed by atoms with Crippen molar-refractivity contribution in [3.63, 3.8) is 0 Å². The molecule has 0 atom stereocenters. The molecule has 0 aliphatic carbocycles. The summed E-state index contributed by atoms with van der Waals surface area (Å²) in [6.07, 6.45) is 0.417. The molecule has 0 aliphatic heterocycles. The number of nitrogens with zero attached hydrogens (tertiary/aromatic N) is 1. The molecule has 2 aromatic carbocycles. The second-order valence-corrected chi connectivity index (χ2v) is 5.48. The molecule has 0 fully saturated rings. The molecule has 0 spiro atoms. The van der Waals surface area contributed by atoms with E-state index in [2.05, 4.69) is 26.5 Å². The molecule has 0 saturated carbocycles. The Bertz CT molecular complexity index is 657. The third-order valence-electron chi connectivity index (χ3n) is 2.87. The summed E-state index contributed by atoms with van der Waals surface area (Å²) >= 11 is 3.40. The molecule has 0 aliphatic rings. The summed E-state index contributed by atoms with van der Waals surface area (Å²) in [6, 6.07) is 17.3. The molecule has 5 heteroatoms. The summed E-state index contributed by atoms with van der Waals surface area (Å²) in [5.74, 6) is -0.408. The fraction of sp³-hybridized carbons (Fsp3) is 0.176.